The quantitative estimate of drug-likeness (QED) is 0.766. The number of rotatable bonds is 2. The molecule has 0 spiro atoms. The molecular formula is C17H23ClN4O. The number of likely N-dealkylation sites (tertiary alicyclic amines) is 1. The molecule has 0 saturated carbocycles. The fraction of sp³-hybridized carbons (Fsp3) is 0.588. The summed E-state index contributed by atoms with van der Waals surface area (Å²) < 4.78 is 0. The molecule has 3 aliphatic rings. The largest absolute Gasteiger partial charge is 0.334 e. The van der Waals surface area contributed by atoms with E-state index in [-0.39, 0.29) is 18.0 Å². The van der Waals surface area contributed by atoms with Gasteiger partial charge in [-0.15, -0.1) is 0 Å². The normalized spacial score (nSPS) is 33.7. The summed E-state index contributed by atoms with van der Waals surface area (Å²) in [5, 5.41) is 4.15. The number of fused-ring (bicyclic) bond motifs is 1. The van der Waals surface area contributed by atoms with Crippen molar-refractivity contribution in [3.63, 3.8) is 0 Å². The van der Waals surface area contributed by atoms with Crippen LogP contribution in [0.25, 0.3) is 0 Å². The summed E-state index contributed by atoms with van der Waals surface area (Å²) in [6.07, 6.45) is 3.16. The lowest BCUT2D eigenvalue weighted by molar-refractivity contribution is -0.135. The number of hydrogen-bond donors (Lipinski definition) is 3. The van der Waals surface area contributed by atoms with Crippen LogP contribution in [0, 0.1) is 5.92 Å². The van der Waals surface area contributed by atoms with Crippen molar-refractivity contribution < 1.29 is 4.79 Å². The second-order valence-corrected chi connectivity index (χ2v) is 7.21. The zero-order chi connectivity index (χ0) is 15.8. The maximum atomic E-state index is 13.1. The first-order valence-electron chi connectivity index (χ1n) is 8.52. The zero-order valence-corrected chi connectivity index (χ0v) is 13.9. The van der Waals surface area contributed by atoms with Gasteiger partial charge in [0.25, 0.3) is 0 Å². The Balaban J connectivity index is 1.52. The van der Waals surface area contributed by atoms with Crippen molar-refractivity contribution in [2.75, 3.05) is 19.6 Å². The Labute approximate surface area is 141 Å². The molecule has 6 heteroatoms. The van der Waals surface area contributed by atoms with Gasteiger partial charge in [-0.25, -0.2) is 5.43 Å². The monoisotopic (exact) mass is 334 g/mol. The summed E-state index contributed by atoms with van der Waals surface area (Å²) in [5.74, 6) is 0.564. The summed E-state index contributed by atoms with van der Waals surface area (Å²) >= 11 is 5.99. The van der Waals surface area contributed by atoms with E-state index in [1.54, 1.807) is 0 Å². The lowest BCUT2D eigenvalue weighted by Crippen LogP contribution is -2.50. The van der Waals surface area contributed by atoms with Gasteiger partial charge < -0.3 is 10.2 Å². The van der Waals surface area contributed by atoms with E-state index in [2.05, 4.69) is 21.1 Å². The van der Waals surface area contributed by atoms with E-state index in [0.29, 0.717) is 12.0 Å². The van der Waals surface area contributed by atoms with E-state index in [4.69, 9.17) is 11.6 Å². The minimum Gasteiger partial charge on any atom is -0.334 e. The molecule has 4 unspecified atom stereocenters. The maximum Gasteiger partial charge on any atom is 0.241 e. The zero-order valence-electron chi connectivity index (χ0n) is 13.1. The number of hydrazine groups is 1. The van der Waals surface area contributed by atoms with Gasteiger partial charge in [-0.05, 0) is 43.5 Å². The molecule has 1 aromatic carbocycles. The molecule has 0 radical (unpaired) electrons. The smallest absolute Gasteiger partial charge is 0.241 e. The number of piperidine rings is 1. The van der Waals surface area contributed by atoms with Crippen LogP contribution >= 0.6 is 11.6 Å². The molecule has 4 rings (SSSR count). The molecule has 3 saturated heterocycles. The predicted octanol–water partition coefficient (Wildman–Crippen LogP) is 1.46. The molecule has 124 valence electrons. The summed E-state index contributed by atoms with van der Waals surface area (Å²) in [7, 11) is 0. The molecule has 3 N–H and O–H groups in total. The third kappa shape index (κ3) is 2.87. The van der Waals surface area contributed by atoms with Crippen LogP contribution in [0.1, 0.15) is 30.9 Å². The summed E-state index contributed by atoms with van der Waals surface area (Å²) in [5.41, 5.74) is 7.76. The highest BCUT2D eigenvalue weighted by molar-refractivity contribution is 6.30. The third-order valence-corrected chi connectivity index (χ3v) is 5.69. The van der Waals surface area contributed by atoms with Gasteiger partial charge in [-0.3, -0.25) is 10.2 Å². The lowest BCUT2D eigenvalue weighted by Gasteiger charge is -2.32. The first-order valence-corrected chi connectivity index (χ1v) is 8.89. The van der Waals surface area contributed by atoms with Crippen LogP contribution in [-0.4, -0.2) is 42.5 Å². The van der Waals surface area contributed by atoms with Gasteiger partial charge in [0.1, 0.15) is 6.04 Å². The first-order chi connectivity index (χ1) is 11.2. The first kappa shape index (κ1) is 15.4. The standard InChI is InChI=1S/C17H23ClN4O/c18-12-5-3-11(4-6-12)15-2-1-9-22(15)17(23)16-13-10-19-8-7-14(13)20-21-16/h3-6,13-16,19-21H,1-2,7-10H2. The molecule has 0 bridgehead atoms. The predicted molar refractivity (Wildman–Crippen MR) is 90.0 cm³/mol. The van der Waals surface area contributed by atoms with Crippen molar-refractivity contribution in [3.05, 3.63) is 34.9 Å². The molecular weight excluding hydrogens is 312 g/mol. The molecule has 1 aromatic rings. The van der Waals surface area contributed by atoms with Gasteiger partial charge in [-0.2, -0.15) is 0 Å². The average molecular weight is 335 g/mol. The van der Waals surface area contributed by atoms with Gasteiger partial charge in [-0.1, -0.05) is 23.7 Å². The third-order valence-electron chi connectivity index (χ3n) is 5.44. The lowest BCUT2D eigenvalue weighted by atomic mass is 9.88. The van der Waals surface area contributed by atoms with E-state index in [9.17, 15) is 4.79 Å². The van der Waals surface area contributed by atoms with Crippen LogP contribution in [0.15, 0.2) is 24.3 Å². The van der Waals surface area contributed by atoms with E-state index >= 15 is 0 Å². The van der Waals surface area contributed by atoms with E-state index in [1.165, 1.54) is 5.56 Å². The highest BCUT2D eigenvalue weighted by Crippen LogP contribution is 2.34. The SMILES string of the molecule is O=C(C1NNC2CCNCC21)N1CCCC1c1ccc(Cl)cc1. The van der Waals surface area contributed by atoms with Crippen LogP contribution < -0.4 is 16.2 Å². The van der Waals surface area contributed by atoms with E-state index in [0.717, 1.165) is 43.9 Å². The van der Waals surface area contributed by atoms with E-state index < -0.39 is 0 Å². The minimum atomic E-state index is -0.124. The van der Waals surface area contributed by atoms with Gasteiger partial charge in [0.05, 0.1) is 6.04 Å². The highest BCUT2D eigenvalue weighted by atomic mass is 35.5. The van der Waals surface area contributed by atoms with Gasteiger partial charge in [0, 0.05) is 30.1 Å². The molecule has 4 atom stereocenters. The Morgan fingerprint density at radius 3 is 2.83 bits per heavy atom. The number of carbonyl (C=O) groups is 1. The average Bonchev–Trinajstić information content (AvgIpc) is 3.22. The molecule has 1 amide bonds. The number of amides is 1. The van der Waals surface area contributed by atoms with Crippen LogP contribution in [0.3, 0.4) is 0 Å². The molecule has 3 fully saturated rings. The Kier molecular flexibility index (Phi) is 4.28. The van der Waals surface area contributed by atoms with E-state index in [1.807, 2.05) is 24.3 Å². The molecule has 23 heavy (non-hydrogen) atoms. The van der Waals surface area contributed by atoms with Gasteiger partial charge >= 0.3 is 0 Å². The summed E-state index contributed by atoms with van der Waals surface area (Å²) in [6.45, 7) is 2.77. The Morgan fingerprint density at radius 1 is 1.17 bits per heavy atom. The Morgan fingerprint density at radius 2 is 2.00 bits per heavy atom. The number of nitrogens with one attached hydrogen (secondary N) is 3. The van der Waals surface area contributed by atoms with Crippen LogP contribution in [0.2, 0.25) is 5.02 Å². The Hall–Kier alpha value is -1.14. The second kappa shape index (κ2) is 6.40. The van der Waals surface area contributed by atoms with Crippen molar-refractivity contribution in [1.29, 1.82) is 0 Å². The fourth-order valence-electron chi connectivity index (χ4n) is 4.20. The minimum absolute atomic E-state index is 0.124. The molecule has 0 aromatic heterocycles. The van der Waals surface area contributed by atoms with Crippen LogP contribution in [0.4, 0.5) is 0 Å². The van der Waals surface area contributed by atoms with Crippen LogP contribution in [-0.2, 0) is 4.79 Å². The van der Waals surface area contributed by atoms with Crippen molar-refractivity contribution in [3.8, 4) is 0 Å². The fourth-order valence-corrected chi connectivity index (χ4v) is 4.33. The second-order valence-electron chi connectivity index (χ2n) is 6.77. The highest BCUT2D eigenvalue weighted by Gasteiger charge is 2.44. The van der Waals surface area contributed by atoms with Gasteiger partial charge in [0.15, 0.2) is 0 Å². The van der Waals surface area contributed by atoms with Crippen molar-refractivity contribution >= 4 is 17.5 Å². The van der Waals surface area contributed by atoms with Crippen molar-refractivity contribution in [1.82, 2.24) is 21.1 Å². The van der Waals surface area contributed by atoms with Crippen molar-refractivity contribution in [2.24, 2.45) is 5.92 Å². The number of halogens is 1. The summed E-state index contributed by atoms with van der Waals surface area (Å²) in [6, 6.07) is 8.37. The number of nitrogens with zero attached hydrogens (tertiary/aromatic N) is 1. The molecule has 0 aliphatic carbocycles. The summed E-state index contributed by atoms with van der Waals surface area (Å²) in [4.78, 5) is 15.2. The number of benzene rings is 1. The molecule has 3 heterocycles. The molecule has 5 nitrogen and oxygen atoms in total. The number of carbonyl (C=O) groups excluding carboxylic acids is 1. The number of hydrogen-bond acceptors (Lipinski definition) is 4. The maximum absolute atomic E-state index is 13.1. The van der Waals surface area contributed by atoms with Gasteiger partial charge in [0.2, 0.25) is 5.91 Å². The Bertz CT molecular complexity index is 578. The van der Waals surface area contributed by atoms with Crippen molar-refractivity contribution in [2.45, 2.75) is 37.4 Å². The topological polar surface area (TPSA) is 56.4 Å². The molecule has 3 aliphatic heterocycles. The van der Waals surface area contributed by atoms with Crippen LogP contribution in [0.5, 0.6) is 0 Å².